The molecule has 8 nitrogen and oxygen atoms in total. The van der Waals surface area contributed by atoms with E-state index in [2.05, 4.69) is 4.90 Å². The standard InChI is InChI=1S/C26H30FN5O3/c1-18(33)31-14-12-30(13-15-31)11-10-29(2)26(34)32-25(19-6-4-3-5-7-19)22-17-35-23-9-8-20(27)16-21(23)24(22)28-32/h3-9,16,22,25H,10-15,17H2,1-2H3/t22-,25+/m0/s1. The molecule has 2 aromatic carbocycles. The number of ether oxygens (including phenoxy) is 1. The number of hydrogen-bond acceptors (Lipinski definition) is 5. The second-order valence-corrected chi connectivity index (χ2v) is 9.30. The third-order valence-electron chi connectivity index (χ3n) is 7.08. The van der Waals surface area contributed by atoms with E-state index in [1.807, 2.05) is 35.2 Å². The Bertz CT molecular complexity index is 1130. The van der Waals surface area contributed by atoms with Crippen LogP contribution < -0.4 is 4.74 Å². The molecule has 1 saturated heterocycles. The number of likely N-dealkylation sites (N-methyl/N-ethyl adjacent to an activating group) is 1. The number of carbonyl (C=O) groups excluding carboxylic acids is 2. The van der Waals surface area contributed by atoms with Crippen molar-refractivity contribution >= 4 is 17.6 Å². The summed E-state index contributed by atoms with van der Waals surface area (Å²) in [6.07, 6.45) is 0. The number of rotatable bonds is 4. The smallest absolute Gasteiger partial charge is 0.340 e. The van der Waals surface area contributed by atoms with Gasteiger partial charge in [-0.15, -0.1) is 0 Å². The molecule has 184 valence electrons. The summed E-state index contributed by atoms with van der Waals surface area (Å²) in [5, 5.41) is 6.28. The lowest BCUT2D eigenvalue weighted by Gasteiger charge is -2.35. The van der Waals surface area contributed by atoms with Crippen LogP contribution in [0.2, 0.25) is 0 Å². The van der Waals surface area contributed by atoms with Crippen molar-refractivity contribution in [2.45, 2.75) is 13.0 Å². The van der Waals surface area contributed by atoms with Crippen LogP contribution in [0.3, 0.4) is 0 Å². The van der Waals surface area contributed by atoms with E-state index in [1.165, 1.54) is 17.1 Å². The molecule has 0 aromatic heterocycles. The van der Waals surface area contributed by atoms with Gasteiger partial charge in [0.15, 0.2) is 0 Å². The fourth-order valence-corrected chi connectivity index (χ4v) is 5.04. The Labute approximate surface area is 204 Å². The lowest BCUT2D eigenvalue weighted by Crippen LogP contribution is -2.50. The van der Waals surface area contributed by atoms with Crippen LogP contribution in [0, 0.1) is 11.7 Å². The van der Waals surface area contributed by atoms with E-state index in [1.54, 1.807) is 24.9 Å². The van der Waals surface area contributed by atoms with Gasteiger partial charge in [-0.05, 0) is 23.8 Å². The molecule has 1 fully saturated rings. The molecule has 0 saturated carbocycles. The maximum atomic E-state index is 14.1. The number of urea groups is 1. The van der Waals surface area contributed by atoms with Crippen molar-refractivity contribution in [1.29, 1.82) is 0 Å². The SMILES string of the molecule is CC(=O)N1CCN(CCN(C)C(=O)N2N=C3c4cc(F)ccc4OC[C@@H]3[C@H]2c2ccccc2)CC1. The Balaban J connectivity index is 1.34. The van der Waals surface area contributed by atoms with E-state index < -0.39 is 0 Å². The summed E-state index contributed by atoms with van der Waals surface area (Å²) in [6, 6.07) is 13.7. The molecule has 3 aliphatic rings. The fourth-order valence-electron chi connectivity index (χ4n) is 5.04. The molecule has 2 atom stereocenters. The van der Waals surface area contributed by atoms with E-state index in [4.69, 9.17) is 9.84 Å². The van der Waals surface area contributed by atoms with Gasteiger partial charge >= 0.3 is 6.03 Å². The molecule has 2 aromatic rings. The second kappa shape index (κ2) is 9.65. The van der Waals surface area contributed by atoms with Crippen molar-refractivity contribution in [3.8, 4) is 5.75 Å². The fraction of sp³-hybridized carbons (Fsp3) is 0.423. The molecule has 5 rings (SSSR count). The molecule has 0 radical (unpaired) electrons. The molecule has 3 aliphatic heterocycles. The maximum Gasteiger partial charge on any atom is 0.340 e. The minimum atomic E-state index is -0.362. The van der Waals surface area contributed by atoms with Crippen LogP contribution in [0.4, 0.5) is 9.18 Å². The molecular weight excluding hydrogens is 449 g/mol. The summed E-state index contributed by atoms with van der Waals surface area (Å²) in [5.41, 5.74) is 2.24. The molecule has 35 heavy (non-hydrogen) atoms. The van der Waals surface area contributed by atoms with Crippen LogP contribution in [0.1, 0.15) is 24.1 Å². The van der Waals surface area contributed by atoms with Crippen molar-refractivity contribution in [3.05, 3.63) is 65.5 Å². The molecule has 0 spiro atoms. The predicted molar refractivity (Wildman–Crippen MR) is 130 cm³/mol. The van der Waals surface area contributed by atoms with Crippen molar-refractivity contribution in [3.63, 3.8) is 0 Å². The highest BCUT2D eigenvalue weighted by atomic mass is 19.1. The van der Waals surface area contributed by atoms with Crippen molar-refractivity contribution in [2.75, 3.05) is 52.9 Å². The Morgan fingerprint density at radius 2 is 1.86 bits per heavy atom. The monoisotopic (exact) mass is 479 g/mol. The van der Waals surface area contributed by atoms with Crippen LogP contribution in [0.25, 0.3) is 0 Å². The van der Waals surface area contributed by atoms with Crippen molar-refractivity contribution < 1.29 is 18.7 Å². The van der Waals surface area contributed by atoms with Gasteiger partial charge in [0.1, 0.15) is 11.6 Å². The first-order chi connectivity index (χ1) is 16.9. The largest absolute Gasteiger partial charge is 0.492 e. The van der Waals surface area contributed by atoms with Gasteiger partial charge in [-0.3, -0.25) is 9.69 Å². The van der Waals surface area contributed by atoms with Crippen LogP contribution >= 0.6 is 0 Å². The number of amides is 3. The van der Waals surface area contributed by atoms with Gasteiger partial charge in [-0.2, -0.15) is 5.10 Å². The summed E-state index contributed by atoms with van der Waals surface area (Å²) in [5.74, 6) is 0.131. The predicted octanol–water partition coefficient (Wildman–Crippen LogP) is 2.81. The summed E-state index contributed by atoms with van der Waals surface area (Å²) in [6.45, 7) is 6.22. The normalized spacial score (nSPS) is 21.6. The maximum absolute atomic E-state index is 14.1. The Kier molecular flexibility index (Phi) is 6.42. The Morgan fingerprint density at radius 3 is 2.57 bits per heavy atom. The molecule has 9 heteroatoms. The van der Waals surface area contributed by atoms with E-state index in [-0.39, 0.29) is 29.7 Å². The topological polar surface area (TPSA) is 68.7 Å². The highest BCUT2D eigenvalue weighted by Gasteiger charge is 2.45. The third kappa shape index (κ3) is 4.60. The quantitative estimate of drug-likeness (QED) is 0.677. The van der Waals surface area contributed by atoms with Gasteiger partial charge in [0.05, 0.1) is 24.3 Å². The summed E-state index contributed by atoms with van der Waals surface area (Å²) < 4.78 is 20.0. The van der Waals surface area contributed by atoms with Crippen LogP contribution in [-0.2, 0) is 4.79 Å². The summed E-state index contributed by atoms with van der Waals surface area (Å²) >= 11 is 0. The first-order valence-corrected chi connectivity index (χ1v) is 12.0. The number of benzene rings is 2. The average molecular weight is 480 g/mol. The lowest BCUT2D eigenvalue weighted by atomic mass is 9.86. The average Bonchev–Trinajstić information content (AvgIpc) is 3.27. The Hall–Kier alpha value is -3.46. The molecule has 0 unspecified atom stereocenters. The zero-order valence-corrected chi connectivity index (χ0v) is 20.1. The van der Waals surface area contributed by atoms with E-state index in [0.717, 1.165) is 25.2 Å². The molecule has 0 aliphatic carbocycles. The number of fused-ring (bicyclic) bond motifs is 3. The Morgan fingerprint density at radius 1 is 1.11 bits per heavy atom. The number of halogens is 1. The van der Waals surface area contributed by atoms with Crippen LogP contribution in [-0.4, -0.2) is 90.3 Å². The van der Waals surface area contributed by atoms with E-state index in [9.17, 15) is 14.0 Å². The van der Waals surface area contributed by atoms with Gasteiger partial charge < -0.3 is 14.5 Å². The van der Waals surface area contributed by atoms with Crippen LogP contribution in [0.15, 0.2) is 53.6 Å². The molecular formula is C26H30FN5O3. The number of piperazine rings is 1. The number of carbonyl (C=O) groups is 2. The highest BCUT2D eigenvalue weighted by Crippen LogP contribution is 2.42. The minimum absolute atomic E-state index is 0.101. The van der Waals surface area contributed by atoms with Gasteiger partial charge in [0.2, 0.25) is 5.91 Å². The van der Waals surface area contributed by atoms with Gasteiger partial charge in [-0.25, -0.2) is 14.2 Å². The first kappa shape index (κ1) is 23.3. The second-order valence-electron chi connectivity index (χ2n) is 9.30. The first-order valence-electron chi connectivity index (χ1n) is 12.0. The zero-order chi connectivity index (χ0) is 24.5. The number of hydrogen-bond donors (Lipinski definition) is 0. The van der Waals surface area contributed by atoms with E-state index in [0.29, 0.717) is 43.3 Å². The van der Waals surface area contributed by atoms with E-state index >= 15 is 0 Å². The van der Waals surface area contributed by atoms with Crippen molar-refractivity contribution in [2.24, 2.45) is 11.0 Å². The van der Waals surface area contributed by atoms with Crippen LogP contribution in [0.5, 0.6) is 5.75 Å². The van der Waals surface area contributed by atoms with Gasteiger partial charge in [-0.1, -0.05) is 30.3 Å². The highest BCUT2D eigenvalue weighted by molar-refractivity contribution is 6.07. The molecule has 3 amide bonds. The minimum Gasteiger partial charge on any atom is -0.492 e. The zero-order valence-electron chi connectivity index (χ0n) is 20.1. The van der Waals surface area contributed by atoms with Gasteiger partial charge in [0, 0.05) is 58.8 Å². The molecule has 3 heterocycles. The number of nitrogens with zero attached hydrogens (tertiary/aromatic N) is 5. The number of hydrazone groups is 1. The van der Waals surface area contributed by atoms with Gasteiger partial charge in [0.25, 0.3) is 0 Å². The summed E-state index contributed by atoms with van der Waals surface area (Å²) in [4.78, 5) is 31.0. The molecule has 0 bridgehead atoms. The summed E-state index contributed by atoms with van der Waals surface area (Å²) in [7, 11) is 1.78. The third-order valence-corrected chi connectivity index (χ3v) is 7.08. The van der Waals surface area contributed by atoms with Crippen molar-refractivity contribution in [1.82, 2.24) is 19.7 Å². The molecule has 0 N–H and O–H groups in total. The lowest BCUT2D eigenvalue weighted by molar-refractivity contribution is -0.130.